The van der Waals surface area contributed by atoms with E-state index in [0.717, 1.165) is 25.7 Å². The lowest BCUT2D eigenvalue weighted by Crippen LogP contribution is -2.56. The molecule has 0 radical (unpaired) electrons. The highest BCUT2D eigenvalue weighted by atomic mass is 35.5. The van der Waals surface area contributed by atoms with Gasteiger partial charge in [0.25, 0.3) is 0 Å². The van der Waals surface area contributed by atoms with Gasteiger partial charge in [-0.15, -0.1) is 0 Å². The summed E-state index contributed by atoms with van der Waals surface area (Å²) in [6, 6.07) is 34.2. The fourth-order valence-electron chi connectivity index (χ4n) is 6.37. The van der Waals surface area contributed by atoms with Gasteiger partial charge in [0.2, 0.25) is 0 Å². The van der Waals surface area contributed by atoms with Crippen molar-refractivity contribution < 1.29 is 9.59 Å². The largest absolute Gasteiger partial charge is 0.334 e. The minimum atomic E-state index is -0.416. The normalized spacial score (nSPS) is 15.8. The molecular formula is C39H43Cl2N5O2. The van der Waals surface area contributed by atoms with E-state index in [1.54, 1.807) is 35.2 Å². The predicted octanol–water partition coefficient (Wildman–Crippen LogP) is 9.09. The maximum atomic E-state index is 14.9. The summed E-state index contributed by atoms with van der Waals surface area (Å²) in [7, 11) is 0. The van der Waals surface area contributed by atoms with Crippen molar-refractivity contribution in [3.05, 3.63) is 143 Å². The standard InChI is InChI=1S/C39H43Cl2N5O2/c1-28(26-43-38(47)44-35-21-11-8-18-32(35)40)27-45(25-24-31(29-14-4-2-5-15-29)30-16-6-3-7-17-30)39(48)46(36-22-12-9-19-33(36)41)37-23-13-10-20-34(37)42/h2-9,11-12,14-19,21-22,31,34,37H,1,10,13,20,23-27,42H2,(H2,43,44,47)/t34-,37+/m0/s1. The first kappa shape index (κ1) is 35.0. The molecule has 1 saturated carbocycles. The summed E-state index contributed by atoms with van der Waals surface area (Å²) in [5, 5.41) is 6.56. The zero-order valence-corrected chi connectivity index (χ0v) is 28.5. The van der Waals surface area contributed by atoms with Gasteiger partial charge in [0, 0.05) is 31.6 Å². The first-order chi connectivity index (χ1) is 23.3. The minimum Gasteiger partial charge on any atom is -0.334 e. The number of carbonyl (C=O) groups excluding carboxylic acids is 2. The molecule has 5 rings (SSSR count). The highest BCUT2D eigenvalue weighted by Gasteiger charge is 2.36. The van der Waals surface area contributed by atoms with Gasteiger partial charge in [-0.05, 0) is 60.2 Å². The number of nitrogens with two attached hydrogens (primary N) is 1. The number of urea groups is 2. The number of hydrogen-bond donors (Lipinski definition) is 3. The number of hydrogen-bond acceptors (Lipinski definition) is 3. The lowest BCUT2D eigenvalue weighted by molar-refractivity contribution is 0.200. The van der Waals surface area contributed by atoms with E-state index < -0.39 is 6.03 Å². The van der Waals surface area contributed by atoms with Crippen molar-refractivity contribution in [2.75, 3.05) is 29.9 Å². The summed E-state index contributed by atoms with van der Waals surface area (Å²) in [5.41, 5.74) is 10.9. The molecule has 0 aromatic heterocycles. The number of carbonyl (C=O) groups is 2. The number of para-hydroxylation sites is 2. The molecule has 4 aromatic carbocycles. The van der Waals surface area contributed by atoms with Crippen LogP contribution in [-0.4, -0.2) is 48.7 Å². The molecule has 48 heavy (non-hydrogen) atoms. The van der Waals surface area contributed by atoms with E-state index in [1.165, 1.54) is 11.1 Å². The average Bonchev–Trinajstić information content (AvgIpc) is 3.10. The second-order valence-corrected chi connectivity index (χ2v) is 13.1. The molecule has 0 spiro atoms. The van der Waals surface area contributed by atoms with Crippen LogP contribution in [0.3, 0.4) is 0 Å². The third-order valence-corrected chi connectivity index (χ3v) is 9.48. The third kappa shape index (κ3) is 9.19. The summed E-state index contributed by atoms with van der Waals surface area (Å²) in [6.07, 6.45) is 4.29. The molecule has 2 atom stereocenters. The Bertz CT molecular complexity index is 1630. The van der Waals surface area contributed by atoms with Crippen LogP contribution in [0.25, 0.3) is 0 Å². The van der Waals surface area contributed by atoms with Crippen molar-refractivity contribution in [3.8, 4) is 0 Å². The van der Waals surface area contributed by atoms with Gasteiger partial charge in [-0.2, -0.15) is 0 Å². The van der Waals surface area contributed by atoms with Crippen LogP contribution in [0.4, 0.5) is 21.0 Å². The Morgan fingerprint density at radius 2 is 1.40 bits per heavy atom. The lowest BCUT2D eigenvalue weighted by Gasteiger charge is -2.41. The maximum Gasteiger partial charge on any atom is 0.325 e. The molecular weight excluding hydrogens is 641 g/mol. The van der Waals surface area contributed by atoms with Crippen LogP contribution in [0.5, 0.6) is 0 Å². The van der Waals surface area contributed by atoms with E-state index >= 15 is 0 Å². The molecule has 9 heteroatoms. The summed E-state index contributed by atoms with van der Waals surface area (Å²) < 4.78 is 0. The molecule has 250 valence electrons. The number of amides is 4. The fraction of sp³-hybridized carbons (Fsp3) is 0.282. The van der Waals surface area contributed by atoms with Gasteiger partial charge < -0.3 is 21.3 Å². The Morgan fingerprint density at radius 3 is 2.02 bits per heavy atom. The van der Waals surface area contributed by atoms with E-state index in [0.29, 0.717) is 40.0 Å². The molecule has 4 N–H and O–H groups in total. The molecule has 1 aliphatic rings. The summed E-state index contributed by atoms with van der Waals surface area (Å²) in [4.78, 5) is 31.2. The monoisotopic (exact) mass is 683 g/mol. The average molecular weight is 685 g/mol. The summed E-state index contributed by atoms with van der Waals surface area (Å²) in [5.74, 6) is 0.0567. The highest BCUT2D eigenvalue weighted by molar-refractivity contribution is 6.34. The van der Waals surface area contributed by atoms with E-state index in [1.807, 2.05) is 59.5 Å². The van der Waals surface area contributed by atoms with Gasteiger partial charge in [0.15, 0.2) is 0 Å². The van der Waals surface area contributed by atoms with Crippen molar-refractivity contribution in [2.45, 2.75) is 50.1 Å². The number of benzene rings is 4. The Labute approximate surface area is 293 Å². The Kier molecular flexibility index (Phi) is 12.5. The predicted molar refractivity (Wildman–Crippen MR) is 198 cm³/mol. The van der Waals surface area contributed by atoms with Crippen LogP contribution in [0, 0.1) is 0 Å². The zero-order chi connectivity index (χ0) is 33.9. The van der Waals surface area contributed by atoms with Gasteiger partial charge in [-0.3, -0.25) is 4.90 Å². The first-order valence-electron chi connectivity index (χ1n) is 16.5. The topological polar surface area (TPSA) is 90.7 Å². The molecule has 0 saturated heterocycles. The van der Waals surface area contributed by atoms with Gasteiger partial charge >= 0.3 is 12.1 Å². The number of halogens is 2. The second kappa shape index (κ2) is 17.2. The highest BCUT2D eigenvalue weighted by Crippen LogP contribution is 2.34. The van der Waals surface area contributed by atoms with Crippen LogP contribution in [0.1, 0.15) is 49.1 Å². The summed E-state index contributed by atoms with van der Waals surface area (Å²) in [6.45, 7) is 5.08. The maximum absolute atomic E-state index is 14.9. The van der Waals surface area contributed by atoms with Crippen LogP contribution < -0.4 is 21.3 Å². The van der Waals surface area contributed by atoms with Gasteiger partial charge in [0.05, 0.1) is 27.5 Å². The first-order valence-corrected chi connectivity index (χ1v) is 17.2. The third-order valence-electron chi connectivity index (χ3n) is 8.83. The number of nitrogens with zero attached hydrogens (tertiary/aromatic N) is 2. The van der Waals surface area contributed by atoms with Crippen molar-refractivity contribution in [2.24, 2.45) is 5.73 Å². The molecule has 7 nitrogen and oxygen atoms in total. The molecule has 0 bridgehead atoms. The van der Waals surface area contributed by atoms with Gasteiger partial charge in [-0.1, -0.05) is 128 Å². The van der Waals surface area contributed by atoms with E-state index in [2.05, 4.69) is 41.5 Å². The Hall–Kier alpha value is -4.30. The van der Waals surface area contributed by atoms with E-state index in [-0.39, 0.29) is 37.1 Å². The molecule has 0 heterocycles. The van der Waals surface area contributed by atoms with Gasteiger partial charge in [-0.25, -0.2) is 9.59 Å². The molecule has 0 unspecified atom stereocenters. The van der Waals surface area contributed by atoms with Crippen LogP contribution in [0.2, 0.25) is 10.0 Å². The minimum absolute atomic E-state index is 0.0567. The number of anilines is 2. The molecule has 1 fully saturated rings. The molecule has 4 aromatic rings. The quantitative estimate of drug-likeness (QED) is 0.130. The fourth-order valence-corrected chi connectivity index (χ4v) is 6.78. The van der Waals surface area contributed by atoms with E-state index in [9.17, 15) is 9.59 Å². The van der Waals surface area contributed by atoms with E-state index in [4.69, 9.17) is 28.9 Å². The van der Waals surface area contributed by atoms with Crippen molar-refractivity contribution in [3.63, 3.8) is 0 Å². The van der Waals surface area contributed by atoms with Crippen LogP contribution in [0.15, 0.2) is 121 Å². The summed E-state index contributed by atoms with van der Waals surface area (Å²) >= 11 is 13.0. The van der Waals surface area contributed by atoms with Crippen LogP contribution in [-0.2, 0) is 0 Å². The SMILES string of the molecule is C=C(CNC(=O)Nc1ccccc1Cl)CN(CCC(c1ccccc1)c1ccccc1)C(=O)N(c1ccccc1Cl)[C@@H]1CCCC[C@@H]1N. The molecule has 1 aliphatic carbocycles. The zero-order valence-electron chi connectivity index (χ0n) is 27.0. The second-order valence-electron chi connectivity index (χ2n) is 12.2. The van der Waals surface area contributed by atoms with Crippen molar-refractivity contribution in [1.82, 2.24) is 10.2 Å². The number of nitrogens with one attached hydrogen (secondary N) is 2. The van der Waals surface area contributed by atoms with Crippen molar-refractivity contribution >= 4 is 46.6 Å². The molecule has 0 aliphatic heterocycles. The number of rotatable bonds is 12. The van der Waals surface area contributed by atoms with Crippen molar-refractivity contribution in [1.29, 1.82) is 0 Å². The Morgan fingerprint density at radius 1 is 0.812 bits per heavy atom. The lowest BCUT2D eigenvalue weighted by atomic mass is 9.88. The Balaban J connectivity index is 1.41. The smallest absolute Gasteiger partial charge is 0.325 e. The van der Waals surface area contributed by atoms with Gasteiger partial charge in [0.1, 0.15) is 0 Å². The molecule has 4 amide bonds. The van der Waals surface area contributed by atoms with Crippen LogP contribution >= 0.6 is 23.2 Å².